The maximum Gasteiger partial charge on any atom is 0.255 e. The Kier molecular flexibility index (Phi) is 6.09. The van der Waals surface area contributed by atoms with E-state index in [1.54, 1.807) is 11.8 Å². The number of benzene rings is 3. The van der Waals surface area contributed by atoms with Crippen LogP contribution in [-0.4, -0.2) is 17.6 Å². The fourth-order valence-electron chi connectivity index (χ4n) is 3.66. The van der Waals surface area contributed by atoms with Crippen LogP contribution in [0.25, 0.3) is 0 Å². The molecule has 1 saturated heterocycles. The molecule has 31 heavy (non-hydrogen) atoms. The summed E-state index contributed by atoms with van der Waals surface area (Å²) in [7, 11) is 0. The van der Waals surface area contributed by atoms with Gasteiger partial charge >= 0.3 is 0 Å². The fourth-order valence-corrected chi connectivity index (χ4v) is 4.83. The summed E-state index contributed by atoms with van der Waals surface area (Å²) < 4.78 is 13.1. The number of nitrogens with one attached hydrogen (secondary N) is 1. The zero-order valence-electron chi connectivity index (χ0n) is 17.3. The molecule has 0 aromatic heterocycles. The first kappa shape index (κ1) is 21.1. The number of carbonyl (C=O) groups excluding carboxylic acids is 2. The highest BCUT2D eigenvalue weighted by atomic mass is 32.2. The molecule has 4 nitrogen and oxygen atoms in total. The number of hydrogen-bond acceptors (Lipinski definition) is 3. The summed E-state index contributed by atoms with van der Waals surface area (Å²) in [4.78, 5) is 27.0. The van der Waals surface area contributed by atoms with E-state index in [1.165, 1.54) is 24.3 Å². The molecule has 3 aromatic carbocycles. The lowest BCUT2D eigenvalue weighted by molar-refractivity contribution is -0.115. The van der Waals surface area contributed by atoms with Crippen LogP contribution in [0, 0.1) is 5.82 Å². The molecule has 158 valence electrons. The van der Waals surface area contributed by atoms with Gasteiger partial charge in [-0.05, 0) is 59.5 Å². The summed E-state index contributed by atoms with van der Waals surface area (Å²) >= 11 is 1.60. The first-order chi connectivity index (χ1) is 14.9. The second kappa shape index (κ2) is 8.94. The molecule has 1 aliphatic heterocycles. The standard InChI is InChI=1S/C25H23FN2O2S/c1-16(2)21-5-3-4-6-22(21)28-23(29)15-31-25(28)18-9-13-20(14-10-18)27-24(30)17-7-11-19(26)12-8-17/h3-14,16,25H,15H2,1-2H3,(H,27,30)/t25-/m1/s1. The van der Waals surface area contributed by atoms with E-state index in [9.17, 15) is 14.0 Å². The lowest BCUT2D eigenvalue weighted by atomic mass is 10.00. The van der Waals surface area contributed by atoms with Crippen molar-refractivity contribution in [2.24, 2.45) is 0 Å². The van der Waals surface area contributed by atoms with E-state index in [2.05, 4.69) is 25.2 Å². The molecule has 1 fully saturated rings. The Hall–Kier alpha value is -3.12. The molecule has 0 unspecified atom stereocenters. The van der Waals surface area contributed by atoms with Gasteiger partial charge < -0.3 is 5.32 Å². The number of thioether (sulfide) groups is 1. The smallest absolute Gasteiger partial charge is 0.255 e. The largest absolute Gasteiger partial charge is 0.322 e. The molecule has 2 amide bonds. The van der Waals surface area contributed by atoms with Crippen LogP contribution in [0.1, 0.15) is 46.6 Å². The molecule has 4 rings (SSSR count). The summed E-state index contributed by atoms with van der Waals surface area (Å²) in [5, 5.41) is 2.71. The quantitative estimate of drug-likeness (QED) is 0.537. The van der Waals surface area contributed by atoms with E-state index < -0.39 is 0 Å². The van der Waals surface area contributed by atoms with Gasteiger partial charge in [-0.15, -0.1) is 11.8 Å². The third-order valence-corrected chi connectivity index (χ3v) is 6.46. The predicted molar refractivity (Wildman–Crippen MR) is 124 cm³/mol. The molecule has 0 spiro atoms. The van der Waals surface area contributed by atoms with E-state index in [0.29, 0.717) is 22.9 Å². The number of amides is 2. The highest BCUT2D eigenvalue weighted by Crippen LogP contribution is 2.44. The average Bonchev–Trinajstić information content (AvgIpc) is 3.16. The fraction of sp³-hybridized carbons (Fsp3) is 0.200. The highest BCUT2D eigenvalue weighted by molar-refractivity contribution is 8.00. The van der Waals surface area contributed by atoms with Crippen molar-refractivity contribution in [2.75, 3.05) is 16.0 Å². The average molecular weight is 435 g/mol. The number of rotatable bonds is 5. The van der Waals surface area contributed by atoms with E-state index in [4.69, 9.17) is 0 Å². The van der Waals surface area contributed by atoms with Gasteiger partial charge in [0.25, 0.3) is 5.91 Å². The molecule has 0 radical (unpaired) electrons. The summed E-state index contributed by atoms with van der Waals surface area (Å²) in [6.07, 6.45) is 0. The minimum atomic E-state index is -0.381. The van der Waals surface area contributed by atoms with Gasteiger partial charge in [0.15, 0.2) is 0 Å². The van der Waals surface area contributed by atoms with E-state index in [0.717, 1.165) is 16.8 Å². The van der Waals surface area contributed by atoms with Gasteiger partial charge in [-0.25, -0.2) is 4.39 Å². The second-order valence-corrected chi connectivity index (χ2v) is 8.79. The van der Waals surface area contributed by atoms with Crippen molar-refractivity contribution in [3.8, 4) is 0 Å². The van der Waals surface area contributed by atoms with Crippen molar-refractivity contribution in [1.29, 1.82) is 0 Å². The lowest BCUT2D eigenvalue weighted by Crippen LogP contribution is -2.29. The van der Waals surface area contributed by atoms with Crippen molar-refractivity contribution < 1.29 is 14.0 Å². The van der Waals surface area contributed by atoms with Crippen LogP contribution < -0.4 is 10.2 Å². The van der Waals surface area contributed by atoms with Gasteiger partial charge in [0, 0.05) is 16.9 Å². The number of carbonyl (C=O) groups is 2. The predicted octanol–water partition coefficient (Wildman–Crippen LogP) is 5.98. The normalized spacial score (nSPS) is 16.1. The zero-order valence-corrected chi connectivity index (χ0v) is 18.2. The van der Waals surface area contributed by atoms with Crippen LogP contribution in [0.2, 0.25) is 0 Å². The van der Waals surface area contributed by atoms with Crippen LogP contribution >= 0.6 is 11.8 Å². The van der Waals surface area contributed by atoms with Crippen LogP contribution in [0.4, 0.5) is 15.8 Å². The number of anilines is 2. The number of para-hydroxylation sites is 1. The van der Waals surface area contributed by atoms with Crippen LogP contribution in [0.5, 0.6) is 0 Å². The van der Waals surface area contributed by atoms with Gasteiger partial charge in [-0.3, -0.25) is 14.5 Å². The number of hydrogen-bond donors (Lipinski definition) is 1. The minimum absolute atomic E-state index is 0.0942. The molecule has 0 aliphatic carbocycles. The van der Waals surface area contributed by atoms with E-state index in [-0.39, 0.29) is 23.0 Å². The Morgan fingerprint density at radius 3 is 2.39 bits per heavy atom. The summed E-state index contributed by atoms with van der Waals surface area (Å²) in [6.45, 7) is 4.25. The maximum atomic E-state index is 13.1. The lowest BCUT2D eigenvalue weighted by Gasteiger charge is -2.27. The van der Waals surface area contributed by atoms with Crippen molar-refractivity contribution in [3.05, 3.63) is 95.3 Å². The Labute approximate surface area is 185 Å². The molecule has 1 heterocycles. The molecule has 6 heteroatoms. The van der Waals surface area contributed by atoms with Gasteiger partial charge in [-0.2, -0.15) is 0 Å². The Balaban J connectivity index is 1.55. The van der Waals surface area contributed by atoms with Crippen LogP contribution in [0.15, 0.2) is 72.8 Å². The molecule has 1 atom stereocenters. The van der Waals surface area contributed by atoms with Gasteiger partial charge in [-0.1, -0.05) is 44.2 Å². The van der Waals surface area contributed by atoms with Crippen molar-refractivity contribution in [1.82, 2.24) is 0 Å². The van der Waals surface area contributed by atoms with Gasteiger partial charge in [0.05, 0.1) is 5.75 Å². The van der Waals surface area contributed by atoms with Gasteiger partial charge in [0.1, 0.15) is 11.2 Å². The topological polar surface area (TPSA) is 49.4 Å². The first-order valence-corrected chi connectivity index (χ1v) is 11.2. The SMILES string of the molecule is CC(C)c1ccccc1N1C(=O)CS[C@@H]1c1ccc(NC(=O)c2ccc(F)cc2)cc1. The Bertz CT molecular complexity index is 1100. The monoisotopic (exact) mass is 434 g/mol. The molecular weight excluding hydrogens is 411 g/mol. The van der Waals surface area contributed by atoms with Crippen molar-refractivity contribution in [2.45, 2.75) is 25.1 Å². The minimum Gasteiger partial charge on any atom is -0.322 e. The molecule has 0 bridgehead atoms. The molecule has 0 saturated carbocycles. The summed E-state index contributed by atoms with van der Waals surface area (Å²) in [5.41, 5.74) is 4.12. The van der Waals surface area contributed by atoms with Gasteiger partial charge in [0.2, 0.25) is 5.91 Å². The zero-order chi connectivity index (χ0) is 22.0. The number of halogens is 1. The molecule has 3 aromatic rings. The first-order valence-electron chi connectivity index (χ1n) is 10.1. The number of nitrogens with zero attached hydrogens (tertiary/aromatic N) is 1. The van der Waals surface area contributed by atoms with E-state index >= 15 is 0 Å². The Morgan fingerprint density at radius 2 is 1.71 bits per heavy atom. The third-order valence-electron chi connectivity index (χ3n) is 5.25. The summed E-state index contributed by atoms with van der Waals surface area (Å²) in [6, 6.07) is 21.0. The van der Waals surface area contributed by atoms with Crippen molar-refractivity contribution in [3.63, 3.8) is 0 Å². The summed E-state index contributed by atoms with van der Waals surface area (Å²) in [5.74, 6) is 0.148. The molecule has 1 N–H and O–H groups in total. The Morgan fingerprint density at radius 1 is 1.03 bits per heavy atom. The molecule has 1 aliphatic rings. The van der Waals surface area contributed by atoms with Crippen LogP contribution in [0.3, 0.4) is 0 Å². The second-order valence-electron chi connectivity index (χ2n) is 7.72. The van der Waals surface area contributed by atoms with Crippen LogP contribution in [-0.2, 0) is 4.79 Å². The van der Waals surface area contributed by atoms with Crippen molar-refractivity contribution >= 4 is 35.0 Å². The third kappa shape index (κ3) is 4.49. The van der Waals surface area contributed by atoms with E-state index in [1.807, 2.05) is 47.4 Å². The maximum absolute atomic E-state index is 13.1. The highest BCUT2D eigenvalue weighted by Gasteiger charge is 2.35. The molecular formula is C25H23FN2O2S.